The van der Waals surface area contributed by atoms with E-state index in [2.05, 4.69) is 10.6 Å². The number of ether oxygens (including phenoxy) is 1. The molecule has 0 spiro atoms. The first-order chi connectivity index (χ1) is 13.9. The average Bonchev–Trinajstić information content (AvgIpc) is 2.71. The first-order valence-corrected chi connectivity index (χ1v) is 8.87. The molecule has 4 N–H and O–H groups in total. The summed E-state index contributed by atoms with van der Waals surface area (Å²) in [5.41, 5.74) is 6.34. The molecule has 9 heteroatoms. The highest BCUT2D eigenvalue weighted by molar-refractivity contribution is 5.95. The highest BCUT2D eigenvalue weighted by Crippen LogP contribution is 2.19. The van der Waals surface area contributed by atoms with E-state index in [-0.39, 0.29) is 26.1 Å². The summed E-state index contributed by atoms with van der Waals surface area (Å²) in [6.07, 6.45) is 0.0738. The summed E-state index contributed by atoms with van der Waals surface area (Å²) >= 11 is 0. The number of nitrogens with two attached hydrogens (primary N) is 1. The van der Waals surface area contributed by atoms with Crippen LogP contribution in [0.3, 0.4) is 0 Å². The van der Waals surface area contributed by atoms with Gasteiger partial charge >= 0.3 is 0 Å². The van der Waals surface area contributed by atoms with Crippen molar-refractivity contribution in [1.82, 2.24) is 5.32 Å². The molecule has 0 unspecified atom stereocenters. The summed E-state index contributed by atoms with van der Waals surface area (Å²) in [5, 5.41) is 5.07. The van der Waals surface area contributed by atoms with E-state index in [9.17, 15) is 18.8 Å². The van der Waals surface area contributed by atoms with E-state index in [0.717, 1.165) is 0 Å². The summed E-state index contributed by atoms with van der Waals surface area (Å²) in [6.45, 7) is -0.0667. The van der Waals surface area contributed by atoms with Crippen LogP contribution < -0.4 is 26.0 Å². The fourth-order valence-corrected chi connectivity index (χ4v) is 2.48. The molecule has 0 aliphatic rings. The van der Waals surface area contributed by atoms with Crippen molar-refractivity contribution in [3.8, 4) is 5.75 Å². The molecule has 0 saturated carbocycles. The van der Waals surface area contributed by atoms with Gasteiger partial charge in [0, 0.05) is 24.3 Å². The molecule has 0 heterocycles. The Morgan fingerprint density at radius 2 is 1.69 bits per heavy atom. The van der Waals surface area contributed by atoms with E-state index in [1.165, 1.54) is 24.3 Å². The molecule has 2 rings (SSSR count). The van der Waals surface area contributed by atoms with Crippen LogP contribution >= 0.6 is 0 Å². The van der Waals surface area contributed by atoms with Crippen LogP contribution in [0.2, 0.25) is 0 Å². The van der Waals surface area contributed by atoms with Gasteiger partial charge in [0.2, 0.25) is 17.7 Å². The zero-order valence-corrected chi connectivity index (χ0v) is 16.0. The quantitative estimate of drug-likeness (QED) is 0.554. The van der Waals surface area contributed by atoms with Gasteiger partial charge in [-0.3, -0.25) is 14.4 Å². The van der Waals surface area contributed by atoms with Gasteiger partial charge in [-0.15, -0.1) is 0 Å². The number of benzene rings is 2. The number of carbonyl (C=O) groups excluding carboxylic acids is 3. The second-order valence-electron chi connectivity index (χ2n) is 6.17. The number of primary amides is 1. The lowest BCUT2D eigenvalue weighted by Crippen LogP contribution is -2.41. The normalized spacial score (nSPS) is 10.1. The number of hydrogen-bond acceptors (Lipinski definition) is 5. The third-order valence-electron chi connectivity index (χ3n) is 3.97. The molecule has 154 valence electrons. The van der Waals surface area contributed by atoms with Gasteiger partial charge in [0.1, 0.15) is 11.6 Å². The van der Waals surface area contributed by atoms with Gasteiger partial charge in [-0.05, 0) is 48.5 Å². The van der Waals surface area contributed by atoms with E-state index in [4.69, 9.17) is 10.5 Å². The minimum atomic E-state index is -0.484. The Kier molecular flexibility index (Phi) is 7.96. The lowest BCUT2D eigenvalue weighted by atomic mass is 10.2. The molecule has 0 bridgehead atoms. The van der Waals surface area contributed by atoms with Crippen LogP contribution in [0.4, 0.5) is 15.8 Å². The summed E-state index contributed by atoms with van der Waals surface area (Å²) in [5.74, 6) is -1.09. The lowest BCUT2D eigenvalue weighted by molar-refractivity contribution is -0.123. The number of amides is 3. The fraction of sp³-hybridized carbons (Fsp3) is 0.250. The Morgan fingerprint density at radius 1 is 1.03 bits per heavy atom. The Bertz CT molecular complexity index is 841. The second kappa shape index (κ2) is 10.6. The van der Waals surface area contributed by atoms with Crippen LogP contribution in [0, 0.1) is 5.82 Å². The Labute approximate surface area is 167 Å². The van der Waals surface area contributed by atoms with E-state index < -0.39 is 23.5 Å². The number of nitrogens with one attached hydrogen (secondary N) is 2. The number of rotatable bonds is 10. The van der Waals surface area contributed by atoms with E-state index in [1.54, 1.807) is 36.3 Å². The molecule has 3 amide bonds. The van der Waals surface area contributed by atoms with Crippen LogP contribution in [0.5, 0.6) is 5.75 Å². The maximum atomic E-state index is 12.9. The van der Waals surface area contributed by atoms with Crippen molar-refractivity contribution >= 4 is 29.1 Å². The van der Waals surface area contributed by atoms with Gasteiger partial charge < -0.3 is 26.0 Å². The molecule has 0 aliphatic carbocycles. The minimum Gasteiger partial charge on any atom is -0.497 e. The second-order valence-corrected chi connectivity index (χ2v) is 6.17. The van der Waals surface area contributed by atoms with Crippen molar-refractivity contribution < 1.29 is 23.5 Å². The van der Waals surface area contributed by atoms with Gasteiger partial charge in [-0.2, -0.15) is 0 Å². The number of halogens is 1. The number of anilines is 2. The molecule has 0 saturated heterocycles. The maximum absolute atomic E-state index is 12.9. The molecule has 0 atom stereocenters. The van der Waals surface area contributed by atoms with E-state index in [0.29, 0.717) is 17.1 Å². The van der Waals surface area contributed by atoms with Crippen LogP contribution in [0.25, 0.3) is 0 Å². The largest absolute Gasteiger partial charge is 0.497 e. The van der Waals surface area contributed by atoms with Gasteiger partial charge in [-0.25, -0.2) is 4.39 Å². The Morgan fingerprint density at radius 3 is 2.28 bits per heavy atom. The Balaban J connectivity index is 1.90. The van der Waals surface area contributed by atoms with Crippen LogP contribution in [0.1, 0.15) is 6.42 Å². The molecular weight excluding hydrogens is 379 g/mol. The number of carbonyl (C=O) groups is 3. The van der Waals surface area contributed by atoms with Crippen molar-refractivity contribution in [1.29, 1.82) is 0 Å². The molecule has 2 aromatic carbocycles. The SMILES string of the molecule is COc1ccc(N(CCC(N)=O)CC(=O)NCC(=O)Nc2ccc(F)cc2)cc1. The zero-order chi connectivity index (χ0) is 21.2. The fourth-order valence-electron chi connectivity index (χ4n) is 2.48. The predicted molar refractivity (Wildman–Crippen MR) is 107 cm³/mol. The first kappa shape index (κ1) is 21.7. The first-order valence-electron chi connectivity index (χ1n) is 8.87. The van der Waals surface area contributed by atoms with Crippen LogP contribution in [-0.4, -0.2) is 44.5 Å². The average molecular weight is 402 g/mol. The highest BCUT2D eigenvalue weighted by atomic mass is 19.1. The van der Waals surface area contributed by atoms with Crippen molar-refractivity contribution in [3.05, 3.63) is 54.3 Å². The Hall–Kier alpha value is -3.62. The van der Waals surface area contributed by atoms with Crippen molar-refractivity contribution in [3.63, 3.8) is 0 Å². The third kappa shape index (κ3) is 7.49. The van der Waals surface area contributed by atoms with Crippen LogP contribution in [0.15, 0.2) is 48.5 Å². The molecule has 2 aromatic rings. The molecule has 0 fully saturated rings. The van der Waals surface area contributed by atoms with Crippen LogP contribution in [-0.2, 0) is 14.4 Å². The summed E-state index contributed by atoms with van der Waals surface area (Å²) < 4.78 is 18.0. The molecule has 8 nitrogen and oxygen atoms in total. The summed E-state index contributed by atoms with van der Waals surface area (Å²) in [4.78, 5) is 37.0. The van der Waals surface area contributed by atoms with E-state index in [1.807, 2.05) is 0 Å². The van der Waals surface area contributed by atoms with Gasteiger partial charge in [0.25, 0.3) is 0 Å². The lowest BCUT2D eigenvalue weighted by Gasteiger charge is -2.24. The van der Waals surface area contributed by atoms with Crippen molar-refractivity contribution in [2.45, 2.75) is 6.42 Å². The summed E-state index contributed by atoms with van der Waals surface area (Å²) in [7, 11) is 1.55. The van der Waals surface area contributed by atoms with Gasteiger partial charge in [0.05, 0.1) is 20.2 Å². The monoisotopic (exact) mass is 402 g/mol. The standard InChI is InChI=1S/C20H23FN4O4/c1-29-17-8-6-16(7-9-17)25(11-10-18(22)26)13-20(28)23-12-19(27)24-15-4-2-14(21)3-5-15/h2-9H,10-13H2,1H3,(H2,22,26)(H,23,28)(H,24,27). The van der Waals surface area contributed by atoms with Crippen molar-refractivity contribution in [2.24, 2.45) is 5.73 Å². The zero-order valence-electron chi connectivity index (χ0n) is 16.0. The molecule has 0 radical (unpaired) electrons. The highest BCUT2D eigenvalue weighted by Gasteiger charge is 2.14. The topological polar surface area (TPSA) is 114 Å². The number of methoxy groups -OCH3 is 1. The van der Waals surface area contributed by atoms with Crippen molar-refractivity contribution in [2.75, 3.05) is 37.0 Å². The van der Waals surface area contributed by atoms with Gasteiger partial charge in [0.15, 0.2) is 0 Å². The number of nitrogens with zero attached hydrogens (tertiary/aromatic N) is 1. The summed E-state index contributed by atoms with van der Waals surface area (Å²) in [6, 6.07) is 12.3. The molecule has 0 aromatic heterocycles. The molecule has 29 heavy (non-hydrogen) atoms. The number of hydrogen-bond donors (Lipinski definition) is 3. The smallest absolute Gasteiger partial charge is 0.243 e. The molecular formula is C20H23FN4O4. The predicted octanol–water partition coefficient (Wildman–Crippen LogP) is 1.27. The third-order valence-corrected chi connectivity index (χ3v) is 3.97. The maximum Gasteiger partial charge on any atom is 0.243 e. The van der Waals surface area contributed by atoms with Gasteiger partial charge in [-0.1, -0.05) is 0 Å². The molecule has 0 aliphatic heterocycles. The van der Waals surface area contributed by atoms with E-state index >= 15 is 0 Å². The minimum absolute atomic E-state index is 0.0660.